The molecule has 3 aliphatic rings. The second-order valence-corrected chi connectivity index (χ2v) is 9.09. The monoisotopic (exact) mass is 445 g/mol. The van der Waals surface area contributed by atoms with Gasteiger partial charge >= 0.3 is 0 Å². The maximum atomic E-state index is 12.5. The first-order valence-electron chi connectivity index (χ1n) is 11.6. The molecule has 2 fully saturated rings. The van der Waals surface area contributed by atoms with Gasteiger partial charge in [0.25, 0.3) is 11.5 Å². The van der Waals surface area contributed by atoms with E-state index in [1.54, 1.807) is 19.3 Å². The first-order chi connectivity index (χ1) is 16.1. The molecule has 33 heavy (non-hydrogen) atoms. The molecule has 0 bridgehead atoms. The molecule has 0 radical (unpaired) electrons. The molecule has 1 saturated carbocycles. The van der Waals surface area contributed by atoms with Crippen molar-refractivity contribution in [2.75, 3.05) is 36.9 Å². The summed E-state index contributed by atoms with van der Waals surface area (Å²) in [5, 5.41) is 5.97. The summed E-state index contributed by atoms with van der Waals surface area (Å²) in [5.41, 5.74) is 6.00. The number of aromatic nitrogens is 3. The van der Waals surface area contributed by atoms with Crippen LogP contribution in [0.4, 0.5) is 11.4 Å². The zero-order valence-corrected chi connectivity index (χ0v) is 18.6. The molecule has 2 aliphatic heterocycles. The first kappa shape index (κ1) is 20.2. The second-order valence-electron chi connectivity index (χ2n) is 9.09. The van der Waals surface area contributed by atoms with Gasteiger partial charge in [0.15, 0.2) is 0 Å². The van der Waals surface area contributed by atoms with E-state index in [9.17, 15) is 9.59 Å². The molecule has 0 spiro atoms. The van der Waals surface area contributed by atoms with E-state index in [0.717, 1.165) is 79.0 Å². The van der Waals surface area contributed by atoms with Gasteiger partial charge in [0.2, 0.25) is 0 Å². The summed E-state index contributed by atoms with van der Waals surface area (Å²) in [6.07, 6.45) is 6.64. The molecule has 1 aliphatic carbocycles. The summed E-state index contributed by atoms with van der Waals surface area (Å²) in [7, 11) is 1.61. The molecule has 170 valence electrons. The van der Waals surface area contributed by atoms with Crippen LogP contribution < -0.4 is 21.1 Å². The van der Waals surface area contributed by atoms with Crippen LogP contribution in [0.15, 0.2) is 35.4 Å². The molecule has 2 unspecified atom stereocenters. The Morgan fingerprint density at radius 1 is 1.21 bits per heavy atom. The minimum absolute atomic E-state index is 0.00410. The van der Waals surface area contributed by atoms with E-state index in [2.05, 4.69) is 36.5 Å². The Balaban J connectivity index is 1.17. The smallest absolute Gasteiger partial charge is 0.269 e. The van der Waals surface area contributed by atoms with Crippen molar-refractivity contribution in [1.29, 1.82) is 0 Å². The summed E-state index contributed by atoms with van der Waals surface area (Å²) >= 11 is 0. The van der Waals surface area contributed by atoms with Crippen molar-refractivity contribution >= 4 is 28.3 Å². The number of amides is 1. The van der Waals surface area contributed by atoms with Crippen LogP contribution in [0.1, 0.15) is 34.5 Å². The number of carbonyl (C=O) groups is 1. The molecule has 1 saturated heterocycles. The lowest BCUT2D eigenvalue weighted by Gasteiger charge is -2.35. The van der Waals surface area contributed by atoms with Gasteiger partial charge in [-0.3, -0.25) is 19.5 Å². The van der Waals surface area contributed by atoms with Gasteiger partial charge in [0.05, 0.1) is 23.1 Å². The van der Waals surface area contributed by atoms with Crippen molar-refractivity contribution < 1.29 is 4.79 Å². The number of H-pyrrole nitrogens is 1. The fraction of sp³-hybridized carbons (Fsp3) is 0.417. The van der Waals surface area contributed by atoms with E-state index < -0.39 is 0 Å². The van der Waals surface area contributed by atoms with Gasteiger partial charge in [-0.1, -0.05) is 0 Å². The van der Waals surface area contributed by atoms with Crippen LogP contribution in [-0.4, -0.2) is 64.5 Å². The maximum absolute atomic E-state index is 12.5. The number of nitrogens with one attached hydrogen (secondary N) is 3. The Labute approximate surface area is 191 Å². The van der Waals surface area contributed by atoms with Gasteiger partial charge in [-0.25, -0.2) is 4.98 Å². The molecular formula is C24H27N7O2. The van der Waals surface area contributed by atoms with E-state index in [-0.39, 0.29) is 11.5 Å². The van der Waals surface area contributed by atoms with Gasteiger partial charge in [0, 0.05) is 57.1 Å². The standard InChI is InChI=1S/C24H27N7O2/c1-25-24(33)17-5-4-15(12-27-17)31-8-7-30(19-10-20(19)31)13-14-9-18-22(28-11-14)21-16(23(32)29-18)3-2-6-26-21/h4-5,9,11-12,19-20,26H,2-3,6-8,10,13H2,1H3,(H,25,33)(H,29,32). The SMILES string of the molecule is CNC(=O)c1ccc(N2CCN(Cc3cnc4c5c(c(=O)[nH]c4c3)CCCN5)C3CC32)cn1. The van der Waals surface area contributed by atoms with Gasteiger partial charge in [-0.05, 0) is 43.0 Å². The second kappa shape index (κ2) is 7.84. The van der Waals surface area contributed by atoms with E-state index in [1.807, 2.05) is 12.3 Å². The molecule has 9 heteroatoms. The summed E-state index contributed by atoms with van der Waals surface area (Å²) < 4.78 is 0. The fourth-order valence-corrected chi connectivity index (χ4v) is 5.28. The Bertz CT molecular complexity index is 1290. The summed E-state index contributed by atoms with van der Waals surface area (Å²) in [4.78, 5) is 41.2. The third-order valence-electron chi connectivity index (χ3n) is 7.06. The van der Waals surface area contributed by atoms with Crippen LogP contribution in [0.5, 0.6) is 0 Å². The number of carbonyl (C=O) groups excluding carboxylic acids is 1. The fourth-order valence-electron chi connectivity index (χ4n) is 5.28. The maximum Gasteiger partial charge on any atom is 0.269 e. The number of aromatic amines is 1. The van der Waals surface area contributed by atoms with E-state index >= 15 is 0 Å². The predicted molar refractivity (Wildman–Crippen MR) is 127 cm³/mol. The highest BCUT2D eigenvalue weighted by Gasteiger charge is 2.48. The minimum Gasteiger partial charge on any atom is -0.383 e. The van der Waals surface area contributed by atoms with E-state index in [4.69, 9.17) is 4.98 Å². The van der Waals surface area contributed by atoms with Gasteiger partial charge < -0.3 is 20.5 Å². The number of anilines is 2. The number of fused-ring (bicyclic) bond motifs is 4. The van der Waals surface area contributed by atoms with Gasteiger partial charge in [-0.15, -0.1) is 0 Å². The van der Waals surface area contributed by atoms with E-state index in [1.165, 1.54) is 0 Å². The van der Waals surface area contributed by atoms with Crippen molar-refractivity contribution in [2.45, 2.75) is 37.9 Å². The summed E-state index contributed by atoms with van der Waals surface area (Å²) in [6, 6.07) is 6.81. The van der Waals surface area contributed by atoms with Crippen molar-refractivity contribution in [1.82, 2.24) is 25.2 Å². The highest BCUT2D eigenvalue weighted by atomic mass is 16.1. The molecule has 6 rings (SSSR count). The van der Waals surface area contributed by atoms with Gasteiger partial charge in [0.1, 0.15) is 11.2 Å². The third-order valence-corrected chi connectivity index (χ3v) is 7.06. The Morgan fingerprint density at radius 2 is 2.12 bits per heavy atom. The third kappa shape index (κ3) is 3.52. The Morgan fingerprint density at radius 3 is 2.94 bits per heavy atom. The summed E-state index contributed by atoms with van der Waals surface area (Å²) in [5.74, 6) is -0.169. The first-order valence-corrected chi connectivity index (χ1v) is 11.6. The predicted octanol–water partition coefficient (Wildman–Crippen LogP) is 1.50. The molecule has 0 aromatic carbocycles. The largest absolute Gasteiger partial charge is 0.383 e. The molecule has 3 N–H and O–H groups in total. The minimum atomic E-state index is -0.169. The average Bonchev–Trinajstić information content (AvgIpc) is 3.65. The highest BCUT2D eigenvalue weighted by molar-refractivity contribution is 5.92. The topological polar surface area (TPSA) is 106 Å². The molecule has 5 heterocycles. The van der Waals surface area contributed by atoms with Crippen molar-refractivity contribution in [3.8, 4) is 0 Å². The van der Waals surface area contributed by atoms with Crippen LogP contribution >= 0.6 is 0 Å². The molecule has 2 atom stereocenters. The lowest BCUT2D eigenvalue weighted by Crippen LogP contribution is -2.46. The number of nitrogens with zero attached hydrogens (tertiary/aromatic N) is 4. The summed E-state index contributed by atoms with van der Waals surface area (Å²) in [6.45, 7) is 3.56. The Kier molecular flexibility index (Phi) is 4.79. The molecular weight excluding hydrogens is 418 g/mol. The number of hydrogen-bond donors (Lipinski definition) is 3. The Hall–Kier alpha value is -3.46. The van der Waals surface area contributed by atoms with E-state index in [0.29, 0.717) is 17.8 Å². The molecule has 3 aromatic heterocycles. The highest BCUT2D eigenvalue weighted by Crippen LogP contribution is 2.40. The number of hydrogen-bond acceptors (Lipinski definition) is 7. The van der Waals surface area contributed by atoms with Crippen LogP contribution in [0.25, 0.3) is 11.0 Å². The number of piperazine rings is 1. The zero-order chi connectivity index (χ0) is 22.5. The molecule has 9 nitrogen and oxygen atoms in total. The lowest BCUT2D eigenvalue weighted by atomic mass is 10.0. The average molecular weight is 446 g/mol. The van der Waals surface area contributed by atoms with Crippen molar-refractivity contribution in [3.05, 3.63) is 57.8 Å². The van der Waals surface area contributed by atoms with Crippen LogP contribution in [0, 0.1) is 0 Å². The van der Waals surface area contributed by atoms with Crippen molar-refractivity contribution in [2.24, 2.45) is 0 Å². The lowest BCUT2D eigenvalue weighted by molar-refractivity contribution is 0.0958. The quantitative estimate of drug-likeness (QED) is 0.559. The normalized spacial score (nSPS) is 21.8. The van der Waals surface area contributed by atoms with Crippen LogP contribution in [-0.2, 0) is 13.0 Å². The van der Waals surface area contributed by atoms with Crippen LogP contribution in [0.3, 0.4) is 0 Å². The molecule has 3 aromatic rings. The van der Waals surface area contributed by atoms with Crippen LogP contribution in [0.2, 0.25) is 0 Å². The number of rotatable bonds is 4. The molecule has 1 amide bonds. The number of pyridine rings is 3. The van der Waals surface area contributed by atoms with Gasteiger partial charge in [-0.2, -0.15) is 0 Å². The zero-order valence-electron chi connectivity index (χ0n) is 18.6. The van der Waals surface area contributed by atoms with Crippen molar-refractivity contribution in [3.63, 3.8) is 0 Å².